The summed E-state index contributed by atoms with van der Waals surface area (Å²) in [6, 6.07) is 9.15. The summed E-state index contributed by atoms with van der Waals surface area (Å²) in [5.41, 5.74) is 2.61. The highest BCUT2D eigenvalue weighted by molar-refractivity contribution is 5.80. The number of rotatable bonds is 6. The second kappa shape index (κ2) is 11.3. The van der Waals surface area contributed by atoms with Crippen molar-refractivity contribution in [2.45, 2.75) is 32.2 Å². The van der Waals surface area contributed by atoms with Gasteiger partial charge in [0.2, 0.25) is 5.91 Å². The first kappa shape index (κ1) is 22.6. The van der Waals surface area contributed by atoms with Crippen LogP contribution in [0.4, 0.5) is 0 Å². The van der Waals surface area contributed by atoms with Gasteiger partial charge in [0, 0.05) is 53.2 Å². The standard InChI is InChI=1S/C23H37N5O2/c1-18-4-6-20(7-5-18)21(27-12-14-30-15-13-27)17-26-23(25-3)28-10-8-19(9-11-28)16-22(29)24-2/h4-7,19,21H,8-17H2,1-3H3,(H,24,29)(H,25,26). The van der Waals surface area contributed by atoms with E-state index >= 15 is 0 Å². The third kappa shape index (κ3) is 6.19. The van der Waals surface area contributed by atoms with Gasteiger partial charge in [0.15, 0.2) is 5.96 Å². The van der Waals surface area contributed by atoms with Crippen molar-refractivity contribution < 1.29 is 9.53 Å². The first-order valence-electron chi connectivity index (χ1n) is 11.1. The number of ether oxygens (including phenoxy) is 1. The Hall–Kier alpha value is -2.12. The highest BCUT2D eigenvalue weighted by Crippen LogP contribution is 2.23. The van der Waals surface area contributed by atoms with E-state index in [0.717, 1.165) is 64.7 Å². The van der Waals surface area contributed by atoms with Gasteiger partial charge in [-0.05, 0) is 31.2 Å². The van der Waals surface area contributed by atoms with Crippen LogP contribution < -0.4 is 10.6 Å². The predicted molar refractivity (Wildman–Crippen MR) is 121 cm³/mol. The van der Waals surface area contributed by atoms with Gasteiger partial charge in [-0.1, -0.05) is 29.8 Å². The number of morpholine rings is 1. The van der Waals surface area contributed by atoms with Crippen molar-refractivity contribution in [3.8, 4) is 0 Å². The quantitative estimate of drug-likeness (QED) is 0.548. The van der Waals surface area contributed by atoms with Gasteiger partial charge >= 0.3 is 0 Å². The SMILES string of the molecule is CN=C(NCC(c1ccc(C)cc1)N1CCOCC1)N1CCC(CC(=O)NC)CC1. The van der Waals surface area contributed by atoms with E-state index in [1.165, 1.54) is 11.1 Å². The third-order valence-corrected chi connectivity index (χ3v) is 6.28. The van der Waals surface area contributed by atoms with Crippen LogP contribution in [0.2, 0.25) is 0 Å². The number of guanidine groups is 1. The van der Waals surface area contributed by atoms with Crippen molar-refractivity contribution in [1.82, 2.24) is 20.4 Å². The molecule has 1 unspecified atom stereocenters. The van der Waals surface area contributed by atoms with Crippen LogP contribution in [0.15, 0.2) is 29.3 Å². The van der Waals surface area contributed by atoms with E-state index in [9.17, 15) is 4.79 Å². The zero-order chi connectivity index (χ0) is 21.3. The number of hydrogen-bond donors (Lipinski definition) is 2. The Labute approximate surface area is 180 Å². The molecule has 0 bridgehead atoms. The van der Waals surface area contributed by atoms with Crippen LogP contribution >= 0.6 is 0 Å². The minimum atomic E-state index is 0.141. The van der Waals surface area contributed by atoms with Crippen LogP contribution in [0.3, 0.4) is 0 Å². The number of carbonyl (C=O) groups excluding carboxylic acids is 1. The average Bonchev–Trinajstić information content (AvgIpc) is 2.79. The van der Waals surface area contributed by atoms with Crippen LogP contribution in [-0.2, 0) is 9.53 Å². The molecule has 3 rings (SSSR count). The lowest BCUT2D eigenvalue weighted by atomic mass is 9.93. The number of hydrogen-bond acceptors (Lipinski definition) is 4. The number of aliphatic imine (C=N–C) groups is 1. The van der Waals surface area contributed by atoms with Gasteiger partial charge in [-0.2, -0.15) is 0 Å². The first-order valence-corrected chi connectivity index (χ1v) is 11.1. The molecule has 7 heteroatoms. The molecule has 1 aromatic carbocycles. The second-order valence-electron chi connectivity index (χ2n) is 8.31. The van der Waals surface area contributed by atoms with Gasteiger partial charge in [-0.15, -0.1) is 0 Å². The monoisotopic (exact) mass is 415 g/mol. The van der Waals surface area contributed by atoms with E-state index in [-0.39, 0.29) is 11.9 Å². The van der Waals surface area contributed by atoms with Crippen LogP contribution in [0.5, 0.6) is 0 Å². The Bertz CT molecular complexity index is 692. The number of piperidine rings is 1. The molecule has 0 spiro atoms. The Morgan fingerprint density at radius 2 is 1.83 bits per heavy atom. The maximum Gasteiger partial charge on any atom is 0.220 e. The topological polar surface area (TPSA) is 69.2 Å². The minimum Gasteiger partial charge on any atom is -0.379 e. The number of carbonyl (C=O) groups is 1. The average molecular weight is 416 g/mol. The number of nitrogens with one attached hydrogen (secondary N) is 2. The van der Waals surface area contributed by atoms with Gasteiger partial charge in [0.05, 0.1) is 19.3 Å². The highest BCUT2D eigenvalue weighted by atomic mass is 16.5. The van der Waals surface area contributed by atoms with E-state index in [0.29, 0.717) is 12.3 Å². The molecule has 30 heavy (non-hydrogen) atoms. The molecule has 0 saturated carbocycles. The Kier molecular flexibility index (Phi) is 8.51. The summed E-state index contributed by atoms with van der Waals surface area (Å²) in [5, 5.41) is 6.37. The molecule has 1 atom stereocenters. The number of amides is 1. The molecule has 2 aliphatic heterocycles. The fourth-order valence-electron chi connectivity index (χ4n) is 4.37. The van der Waals surface area contributed by atoms with Crippen molar-refractivity contribution >= 4 is 11.9 Å². The molecule has 2 saturated heterocycles. The molecule has 2 fully saturated rings. The third-order valence-electron chi connectivity index (χ3n) is 6.28. The van der Waals surface area contributed by atoms with Crippen molar-refractivity contribution in [3.05, 3.63) is 35.4 Å². The van der Waals surface area contributed by atoms with Gasteiger partial charge in [-0.25, -0.2) is 0 Å². The maximum atomic E-state index is 11.7. The van der Waals surface area contributed by atoms with Crippen molar-refractivity contribution in [3.63, 3.8) is 0 Å². The van der Waals surface area contributed by atoms with Crippen LogP contribution in [-0.4, -0.2) is 81.7 Å². The molecule has 2 heterocycles. The highest BCUT2D eigenvalue weighted by Gasteiger charge is 2.26. The summed E-state index contributed by atoms with van der Waals surface area (Å²) in [6.07, 6.45) is 2.68. The molecule has 0 aromatic heterocycles. The van der Waals surface area contributed by atoms with E-state index in [1.54, 1.807) is 7.05 Å². The molecule has 0 aliphatic carbocycles. The number of benzene rings is 1. The largest absolute Gasteiger partial charge is 0.379 e. The molecule has 1 aromatic rings. The minimum absolute atomic E-state index is 0.141. The van der Waals surface area contributed by atoms with Gasteiger partial charge < -0.3 is 20.3 Å². The maximum absolute atomic E-state index is 11.7. The Balaban J connectivity index is 1.59. The molecule has 2 aliphatic rings. The number of aryl methyl sites for hydroxylation is 1. The summed E-state index contributed by atoms with van der Waals surface area (Å²) >= 11 is 0. The zero-order valence-electron chi connectivity index (χ0n) is 18.7. The Morgan fingerprint density at radius 3 is 2.43 bits per heavy atom. The van der Waals surface area contributed by atoms with Crippen molar-refractivity contribution in [2.24, 2.45) is 10.9 Å². The van der Waals surface area contributed by atoms with E-state index in [1.807, 2.05) is 7.05 Å². The summed E-state index contributed by atoms with van der Waals surface area (Å²) in [5.74, 6) is 1.56. The smallest absolute Gasteiger partial charge is 0.220 e. The van der Waals surface area contributed by atoms with Crippen LogP contribution in [0.1, 0.15) is 36.4 Å². The number of likely N-dealkylation sites (tertiary alicyclic amines) is 1. The number of nitrogens with zero attached hydrogens (tertiary/aromatic N) is 3. The van der Waals surface area contributed by atoms with Crippen molar-refractivity contribution in [1.29, 1.82) is 0 Å². The molecule has 1 amide bonds. The van der Waals surface area contributed by atoms with Gasteiger partial charge in [0.1, 0.15) is 0 Å². The van der Waals surface area contributed by atoms with Crippen LogP contribution in [0, 0.1) is 12.8 Å². The molecular weight excluding hydrogens is 378 g/mol. The summed E-state index contributed by atoms with van der Waals surface area (Å²) in [4.78, 5) is 21.0. The van der Waals surface area contributed by atoms with Gasteiger partial charge in [-0.3, -0.25) is 14.7 Å². The molecule has 0 radical (unpaired) electrons. The zero-order valence-corrected chi connectivity index (χ0v) is 18.7. The predicted octanol–water partition coefficient (Wildman–Crippen LogP) is 1.79. The lowest BCUT2D eigenvalue weighted by Gasteiger charge is -2.37. The second-order valence-corrected chi connectivity index (χ2v) is 8.31. The molecule has 7 nitrogen and oxygen atoms in total. The fourth-order valence-corrected chi connectivity index (χ4v) is 4.37. The molecule has 2 N–H and O–H groups in total. The Morgan fingerprint density at radius 1 is 1.17 bits per heavy atom. The molecular formula is C23H37N5O2. The van der Waals surface area contributed by atoms with Crippen molar-refractivity contribution in [2.75, 3.05) is 60.0 Å². The molecule has 166 valence electrons. The van der Waals surface area contributed by atoms with Crippen LogP contribution in [0.25, 0.3) is 0 Å². The summed E-state index contributed by atoms with van der Waals surface area (Å²) < 4.78 is 5.57. The lowest BCUT2D eigenvalue weighted by Crippen LogP contribution is -2.49. The summed E-state index contributed by atoms with van der Waals surface area (Å²) in [7, 11) is 3.57. The van der Waals surface area contributed by atoms with Gasteiger partial charge in [0.25, 0.3) is 0 Å². The fraction of sp³-hybridized carbons (Fsp3) is 0.652. The normalized spacial score (nSPS) is 20.1. The first-order chi connectivity index (χ1) is 14.6. The summed E-state index contributed by atoms with van der Waals surface area (Å²) in [6.45, 7) is 8.29. The van der Waals surface area contributed by atoms with E-state index in [2.05, 4.69) is 56.6 Å². The van der Waals surface area contributed by atoms with E-state index < -0.39 is 0 Å². The van der Waals surface area contributed by atoms with E-state index in [4.69, 9.17) is 4.74 Å². The lowest BCUT2D eigenvalue weighted by molar-refractivity contribution is -0.121.